The second kappa shape index (κ2) is 9.39. The van der Waals surface area contributed by atoms with E-state index in [1.807, 2.05) is 62.1 Å². The maximum atomic E-state index is 13.2. The van der Waals surface area contributed by atoms with E-state index in [-0.39, 0.29) is 17.7 Å². The highest BCUT2D eigenvalue weighted by Gasteiger charge is 2.29. The summed E-state index contributed by atoms with van der Waals surface area (Å²) >= 11 is 0. The Hall–Kier alpha value is -3.41. The predicted molar refractivity (Wildman–Crippen MR) is 126 cm³/mol. The summed E-state index contributed by atoms with van der Waals surface area (Å²) in [6.07, 6.45) is 3.01. The highest BCUT2D eigenvalue weighted by molar-refractivity contribution is 5.96. The Labute approximate surface area is 189 Å². The third-order valence-electron chi connectivity index (χ3n) is 6.31. The van der Waals surface area contributed by atoms with Crippen LogP contribution in [0.2, 0.25) is 0 Å². The average molecular weight is 431 g/mol. The van der Waals surface area contributed by atoms with Gasteiger partial charge in [-0.1, -0.05) is 30.3 Å². The zero-order chi connectivity index (χ0) is 22.7. The SMILES string of the molecule is Cc1ccnc(NC(=O)C2CCN(C(=O)c3cc(C)n(Cc4ccccc4)c3C)CC2)c1. The number of aryl methyl sites for hydroxylation is 2. The number of likely N-dealkylation sites (tertiary alicyclic amines) is 1. The second-order valence-corrected chi connectivity index (χ2v) is 8.63. The third-order valence-corrected chi connectivity index (χ3v) is 6.31. The molecule has 0 unspecified atom stereocenters. The Morgan fingerprint density at radius 2 is 1.75 bits per heavy atom. The summed E-state index contributed by atoms with van der Waals surface area (Å²) in [5.41, 5.74) is 5.09. The van der Waals surface area contributed by atoms with Crippen molar-refractivity contribution >= 4 is 17.6 Å². The van der Waals surface area contributed by atoms with E-state index >= 15 is 0 Å². The summed E-state index contributed by atoms with van der Waals surface area (Å²) in [5.74, 6) is 0.513. The highest BCUT2D eigenvalue weighted by atomic mass is 16.2. The predicted octanol–water partition coefficient (Wildman–Crippen LogP) is 4.35. The maximum absolute atomic E-state index is 13.2. The van der Waals surface area contributed by atoms with Gasteiger partial charge in [-0.3, -0.25) is 9.59 Å². The number of hydrogen-bond acceptors (Lipinski definition) is 3. The summed E-state index contributed by atoms with van der Waals surface area (Å²) in [5, 5.41) is 2.91. The van der Waals surface area contributed by atoms with E-state index in [0.29, 0.717) is 31.7 Å². The van der Waals surface area contributed by atoms with Crippen LogP contribution in [0.15, 0.2) is 54.7 Å². The van der Waals surface area contributed by atoms with Crippen LogP contribution in [0.3, 0.4) is 0 Å². The number of amides is 2. The number of hydrogen-bond donors (Lipinski definition) is 1. The molecule has 3 heterocycles. The van der Waals surface area contributed by atoms with Gasteiger partial charge < -0.3 is 14.8 Å². The van der Waals surface area contributed by atoms with Crippen LogP contribution < -0.4 is 5.32 Å². The quantitative estimate of drug-likeness (QED) is 0.654. The van der Waals surface area contributed by atoms with Crippen molar-refractivity contribution in [2.75, 3.05) is 18.4 Å². The first kappa shape index (κ1) is 21.8. The first-order valence-corrected chi connectivity index (χ1v) is 11.2. The molecule has 1 aliphatic heterocycles. The van der Waals surface area contributed by atoms with Crippen LogP contribution in [0.4, 0.5) is 5.82 Å². The molecule has 6 heteroatoms. The molecule has 1 fully saturated rings. The van der Waals surface area contributed by atoms with Gasteiger partial charge in [0.15, 0.2) is 0 Å². The van der Waals surface area contributed by atoms with Crippen molar-refractivity contribution in [1.29, 1.82) is 0 Å². The molecule has 166 valence electrons. The van der Waals surface area contributed by atoms with E-state index < -0.39 is 0 Å². The molecular formula is C26H30N4O2. The number of piperidine rings is 1. The van der Waals surface area contributed by atoms with Crippen LogP contribution in [-0.4, -0.2) is 39.4 Å². The second-order valence-electron chi connectivity index (χ2n) is 8.63. The van der Waals surface area contributed by atoms with Gasteiger partial charge in [0.25, 0.3) is 5.91 Å². The van der Waals surface area contributed by atoms with Crippen LogP contribution >= 0.6 is 0 Å². The lowest BCUT2D eigenvalue weighted by atomic mass is 9.95. The van der Waals surface area contributed by atoms with E-state index in [1.54, 1.807) is 6.20 Å². The minimum absolute atomic E-state index is 0.0174. The van der Waals surface area contributed by atoms with Crippen LogP contribution in [-0.2, 0) is 11.3 Å². The fourth-order valence-corrected chi connectivity index (χ4v) is 4.37. The number of carbonyl (C=O) groups is 2. The van der Waals surface area contributed by atoms with E-state index in [4.69, 9.17) is 0 Å². The first-order chi connectivity index (χ1) is 15.4. The molecule has 0 bridgehead atoms. The first-order valence-electron chi connectivity index (χ1n) is 11.2. The number of pyridine rings is 1. The molecule has 2 amide bonds. The van der Waals surface area contributed by atoms with Gasteiger partial charge >= 0.3 is 0 Å². The van der Waals surface area contributed by atoms with Gasteiger partial charge in [-0.05, 0) is 62.9 Å². The minimum Gasteiger partial charge on any atom is -0.344 e. The van der Waals surface area contributed by atoms with Crippen molar-refractivity contribution in [3.8, 4) is 0 Å². The van der Waals surface area contributed by atoms with Gasteiger partial charge in [0.1, 0.15) is 5.82 Å². The smallest absolute Gasteiger partial charge is 0.255 e. The Balaban J connectivity index is 1.38. The number of anilines is 1. The van der Waals surface area contributed by atoms with Crippen molar-refractivity contribution in [3.05, 3.63) is 82.8 Å². The van der Waals surface area contributed by atoms with E-state index in [1.165, 1.54) is 5.56 Å². The number of benzene rings is 1. The fraction of sp³-hybridized carbons (Fsp3) is 0.346. The fourth-order valence-electron chi connectivity index (χ4n) is 4.37. The van der Waals surface area contributed by atoms with Gasteiger partial charge in [0.2, 0.25) is 5.91 Å². The molecule has 1 aromatic carbocycles. The molecule has 4 rings (SSSR count). The highest BCUT2D eigenvalue weighted by Crippen LogP contribution is 2.24. The summed E-state index contributed by atoms with van der Waals surface area (Å²) in [6.45, 7) is 7.95. The van der Waals surface area contributed by atoms with Gasteiger partial charge in [0, 0.05) is 43.1 Å². The van der Waals surface area contributed by atoms with Crippen LogP contribution in [0, 0.1) is 26.7 Å². The molecule has 0 spiro atoms. The van der Waals surface area contributed by atoms with Gasteiger partial charge in [0.05, 0.1) is 5.56 Å². The van der Waals surface area contributed by atoms with Gasteiger partial charge in [-0.25, -0.2) is 4.98 Å². The molecule has 6 nitrogen and oxygen atoms in total. The summed E-state index contributed by atoms with van der Waals surface area (Å²) in [7, 11) is 0. The number of nitrogens with zero attached hydrogens (tertiary/aromatic N) is 3. The maximum Gasteiger partial charge on any atom is 0.255 e. The van der Waals surface area contributed by atoms with E-state index in [0.717, 1.165) is 29.1 Å². The van der Waals surface area contributed by atoms with Crippen molar-refractivity contribution in [3.63, 3.8) is 0 Å². The zero-order valence-electron chi connectivity index (χ0n) is 19.0. The molecule has 2 aromatic heterocycles. The molecule has 0 aliphatic carbocycles. The monoisotopic (exact) mass is 430 g/mol. The van der Waals surface area contributed by atoms with Gasteiger partial charge in [-0.15, -0.1) is 0 Å². The third kappa shape index (κ3) is 4.74. The number of aromatic nitrogens is 2. The molecule has 1 N–H and O–H groups in total. The standard InChI is InChI=1S/C26H30N4O2/c1-18-9-12-27-24(15-18)28-25(31)22-10-13-29(14-11-22)26(32)23-16-19(2)30(20(23)3)17-21-7-5-4-6-8-21/h4-9,12,15-16,22H,10-11,13-14,17H2,1-3H3,(H,27,28,31). The van der Waals surface area contributed by atoms with Gasteiger partial charge in [-0.2, -0.15) is 0 Å². The summed E-state index contributed by atoms with van der Waals surface area (Å²) in [4.78, 5) is 32.0. The van der Waals surface area contributed by atoms with Crippen molar-refractivity contribution in [2.45, 2.75) is 40.2 Å². The Bertz CT molecular complexity index is 1110. The lowest BCUT2D eigenvalue weighted by Crippen LogP contribution is -2.41. The normalized spacial score (nSPS) is 14.4. The van der Waals surface area contributed by atoms with Crippen LogP contribution in [0.5, 0.6) is 0 Å². The Morgan fingerprint density at radius 3 is 2.44 bits per heavy atom. The van der Waals surface area contributed by atoms with Crippen molar-refractivity contribution < 1.29 is 9.59 Å². The molecule has 0 radical (unpaired) electrons. The summed E-state index contributed by atoms with van der Waals surface area (Å²) in [6, 6.07) is 16.0. The van der Waals surface area contributed by atoms with Crippen molar-refractivity contribution in [2.24, 2.45) is 5.92 Å². The minimum atomic E-state index is -0.105. The number of carbonyl (C=O) groups excluding carboxylic acids is 2. The van der Waals surface area contributed by atoms with E-state index in [2.05, 4.69) is 27.0 Å². The lowest BCUT2D eigenvalue weighted by Gasteiger charge is -2.31. The Kier molecular flexibility index (Phi) is 6.40. The van der Waals surface area contributed by atoms with Crippen molar-refractivity contribution in [1.82, 2.24) is 14.5 Å². The molecule has 1 saturated heterocycles. The number of nitrogens with one attached hydrogen (secondary N) is 1. The molecule has 1 aliphatic rings. The molecular weight excluding hydrogens is 400 g/mol. The topological polar surface area (TPSA) is 67.2 Å². The summed E-state index contributed by atoms with van der Waals surface area (Å²) < 4.78 is 2.19. The zero-order valence-corrected chi connectivity index (χ0v) is 19.0. The Morgan fingerprint density at radius 1 is 1.03 bits per heavy atom. The van der Waals surface area contributed by atoms with Crippen LogP contribution in [0.1, 0.15) is 45.7 Å². The largest absolute Gasteiger partial charge is 0.344 e. The average Bonchev–Trinajstić information content (AvgIpc) is 3.08. The van der Waals surface area contributed by atoms with E-state index in [9.17, 15) is 9.59 Å². The molecule has 3 aromatic rings. The molecule has 0 saturated carbocycles. The molecule has 32 heavy (non-hydrogen) atoms. The number of rotatable bonds is 5. The van der Waals surface area contributed by atoms with Crippen LogP contribution in [0.25, 0.3) is 0 Å². The lowest BCUT2D eigenvalue weighted by molar-refractivity contribution is -0.121. The molecule has 0 atom stereocenters.